The van der Waals surface area contributed by atoms with Crippen LogP contribution in [0.15, 0.2) is 30.5 Å². The van der Waals surface area contributed by atoms with Crippen molar-refractivity contribution in [3.05, 3.63) is 47.2 Å². The lowest BCUT2D eigenvalue weighted by molar-refractivity contribution is 0.0697. The van der Waals surface area contributed by atoms with Crippen molar-refractivity contribution in [2.75, 3.05) is 5.73 Å². The predicted octanol–water partition coefficient (Wildman–Crippen LogP) is 3.04. The zero-order valence-electron chi connectivity index (χ0n) is 14.9. The second kappa shape index (κ2) is 5.30. The highest BCUT2D eigenvalue weighted by atomic mass is 16.2. The van der Waals surface area contributed by atoms with Crippen LogP contribution in [0.4, 0.5) is 5.82 Å². The van der Waals surface area contributed by atoms with Gasteiger partial charge in [-0.3, -0.25) is 4.79 Å². The first-order chi connectivity index (χ1) is 12.5. The van der Waals surface area contributed by atoms with E-state index in [2.05, 4.69) is 29.1 Å². The molecule has 6 heteroatoms. The molecule has 2 aliphatic rings. The number of rotatable bonds is 3. The van der Waals surface area contributed by atoms with Crippen LogP contribution >= 0.6 is 0 Å². The molecule has 26 heavy (non-hydrogen) atoms. The summed E-state index contributed by atoms with van der Waals surface area (Å²) in [5.74, 6) is 1.30. The lowest BCUT2D eigenvalue weighted by Gasteiger charge is -2.24. The smallest absolute Gasteiger partial charge is 0.255 e. The van der Waals surface area contributed by atoms with Gasteiger partial charge in [-0.2, -0.15) is 5.10 Å². The van der Waals surface area contributed by atoms with E-state index in [1.165, 1.54) is 12.8 Å². The Morgan fingerprint density at radius 1 is 1.27 bits per heavy atom. The predicted molar refractivity (Wildman–Crippen MR) is 99.6 cm³/mol. The summed E-state index contributed by atoms with van der Waals surface area (Å²) in [6.45, 7) is 4.89. The SMILES string of the molecule is Cc1cc(-c2ccc3nc(N)cn3n2)cc2c1C(=O)N([C@@H](C)C1CC1)C2. The summed E-state index contributed by atoms with van der Waals surface area (Å²) in [5.41, 5.74) is 11.3. The lowest BCUT2D eigenvalue weighted by atomic mass is 9.99. The normalized spacial score (nSPS) is 17.8. The van der Waals surface area contributed by atoms with E-state index in [-0.39, 0.29) is 5.91 Å². The minimum absolute atomic E-state index is 0.175. The zero-order chi connectivity index (χ0) is 18.0. The molecule has 3 heterocycles. The van der Waals surface area contributed by atoms with Gasteiger partial charge in [0.15, 0.2) is 5.65 Å². The summed E-state index contributed by atoms with van der Waals surface area (Å²) < 4.78 is 1.69. The first kappa shape index (κ1) is 15.4. The fourth-order valence-electron chi connectivity index (χ4n) is 4.05. The Morgan fingerprint density at radius 2 is 2.08 bits per heavy atom. The number of aryl methyl sites for hydroxylation is 1. The summed E-state index contributed by atoms with van der Waals surface area (Å²) in [5, 5.41) is 4.62. The molecule has 1 aliphatic carbocycles. The molecule has 132 valence electrons. The van der Waals surface area contributed by atoms with Crippen molar-refractivity contribution in [3.63, 3.8) is 0 Å². The van der Waals surface area contributed by atoms with Gasteiger partial charge in [0, 0.05) is 23.7 Å². The number of carbonyl (C=O) groups is 1. The number of imidazole rings is 1. The first-order valence-corrected chi connectivity index (χ1v) is 9.08. The number of hydrogen-bond acceptors (Lipinski definition) is 4. The van der Waals surface area contributed by atoms with Gasteiger partial charge in [0.05, 0.1) is 11.9 Å². The van der Waals surface area contributed by atoms with Gasteiger partial charge >= 0.3 is 0 Å². The average Bonchev–Trinajstić information content (AvgIpc) is 3.31. The van der Waals surface area contributed by atoms with Crippen LogP contribution in [0.5, 0.6) is 0 Å². The Morgan fingerprint density at radius 3 is 2.85 bits per heavy atom. The molecule has 2 N–H and O–H groups in total. The third kappa shape index (κ3) is 2.29. The van der Waals surface area contributed by atoms with Gasteiger partial charge in [-0.15, -0.1) is 0 Å². The minimum atomic E-state index is 0.175. The second-order valence-corrected chi connectivity index (χ2v) is 7.53. The summed E-state index contributed by atoms with van der Waals surface area (Å²) in [7, 11) is 0. The molecule has 1 aliphatic heterocycles. The molecule has 1 aromatic carbocycles. The van der Waals surface area contributed by atoms with E-state index in [1.807, 2.05) is 24.0 Å². The molecule has 1 saturated carbocycles. The van der Waals surface area contributed by atoms with Crippen LogP contribution in [0.1, 0.15) is 41.3 Å². The van der Waals surface area contributed by atoms with Gasteiger partial charge in [0.2, 0.25) is 0 Å². The number of fused-ring (bicyclic) bond motifs is 2. The topological polar surface area (TPSA) is 76.5 Å². The molecular weight excluding hydrogens is 326 g/mol. The van der Waals surface area contributed by atoms with Crippen LogP contribution in [-0.2, 0) is 6.54 Å². The van der Waals surface area contributed by atoms with Gasteiger partial charge in [0.1, 0.15) is 5.82 Å². The lowest BCUT2D eigenvalue weighted by Crippen LogP contribution is -2.34. The molecule has 0 radical (unpaired) electrons. The van der Waals surface area contributed by atoms with Crippen molar-refractivity contribution in [2.24, 2.45) is 5.92 Å². The van der Waals surface area contributed by atoms with Crippen LogP contribution in [0.2, 0.25) is 0 Å². The van der Waals surface area contributed by atoms with Crippen molar-refractivity contribution in [1.82, 2.24) is 19.5 Å². The monoisotopic (exact) mass is 347 g/mol. The number of anilines is 1. The molecule has 1 atom stereocenters. The van der Waals surface area contributed by atoms with Gasteiger partial charge in [-0.05, 0) is 68.0 Å². The standard InChI is InChI=1S/C20H21N5O/c1-11-7-14(16-5-6-18-22-17(21)10-25(18)23-16)8-15-9-24(20(26)19(11)15)12(2)13-3-4-13/h5-8,10,12-13H,3-4,9,21H2,1-2H3/t12-/m0/s1. The molecule has 1 amide bonds. The van der Waals surface area contributed by atoms with E-state index in [0.717, 1.165) is 33.6 Å². The Balaban J connectivity index is 1.55. The number of nitrogen functional groups attached to an aromatic ring is 1. The highest BCUT2D eigenvalue weighted by Gasteiger charge is 2.39. The van der Waals surface area contributed by atoms with Crippen LogP contribution in [0, 0.1) is 12.8 Å². The van der Waals surface area contributed by atoms with Crippen molar-refractivity contribution in [1.29, 1.82) is 0 Å². The molecule has 0 saturated heterocycles. The van der Waals surface area contributed by atoms with Crippen molar-refractivity contribution in [2.45, 2.75) is 39.3 Å². The average molecular weight is 347 g/mol. The molecule has 3 aromatic rings. The third-order valence-corrected chi connectivity index (χ3v) is 5.66. The van der Waals surface area contributed by atoms with E-state index in [4.69, 9.17) is 5.73 Å². The molecule has 2 aromatic heterocycles. The summed E-state index contributed by atoms with van der Waals surface area (Å²) in [4.78, 5) is 19.1. The number of hydrogen-bond donors (Lipinski definition) is 1. The summed E-state index contributed by atoms with van der Waals surface area (Å²) in [6, 6.07) is 8.34. The van der Waals surface area contributed by atoms with Gasteiger partial charge < -0.3 is 10.6 Å². The Kier molecular flexibility index (Phi) is 3.13. The maximum Gasteiger partial charge on any atom is 0.255 e. The van der Waals surface area contributed by atoms with Crippen molar-refractivity contribution >= 4 is 17.4 Å². The molecule has 0 bridgehead atoms. The van der Waals surface area contributed by atoms with E-state index in [1.54, 1.807) is 10.7 Å². The van der Waals surface area contributed by atoms with Crippen LogP contribution in [0.25, 0.3) is 16.9 Å². The summed E-state index contributed by atoms with van der Waals surface area (Å²) >= 11 is 0. The fraction of sp³-hybridized carbons (Fsp3) is 0.350. The van der Waals surface area contributed by atoms with Crippen LogP contribution in [-0.4, -0.2) is 31.4 Å². The number of carbonyl (C=O) groups excluding carboxylic acids is 1. The molecule has 0 unspecified atom stereocenters. The van der Waals surface area contributed by atoms with Crippen molar-refractivity contribution in [3.8, 4) is 11.3 Å². The molecular formula is C20H21N5O. The van der Waals surface area contributed by atoms with Gasteiger partial charge in [-0.25, -0.2) is 9.50 Å². The largest absolute Gasteiger partial charge is 0.382 e. The van der Waals surface area contributed by atoms with Gasteiger partial charge in [0.25, 0.3) is 5.91 Å². The number of nitrogens with zero attached hydrogens (tertiary/aromatic N) is 4. The fourth-order valence-corrected chi connectivity index (χ4v) is 4.05. The minimum Gasteiger partial charge on any atom is -0.382 e. The Labute approximate surface area is 151 Å². The molecule has 1 fully saturated rings. The maximum atomic E-state index is 12.9. The van der Waals surface area contributed by atoms with Crippen LogP contribution in [0.3, 0.4) is 0 Å². The number of aromatic nitrogens is 3. The second-order valence-electron chi connectivity index (χ2n) is 7.53. The Bertz CT molecular complexity index is 1050. The zero-order valence-corrected chi connectivity index (χ0v) is 14.9. The molecule has 6 nitrogen and oxygen atoms in total. The number of amides is 1. The maximum absolute atomic E-state index is 12.9. The highest BCUT2D eigenvalue weighted by Crippen LogP contribution is 2.39. The number of benzene rings is 1. The van der Waals surface area contributed by atoms with E-state index in [9.17, 15) is 4.79 Å². The van der Waals surface area contributed by atoms with E-state index >= 15 is 0 Å². The van der Waals surface area contributed by atoms with Crippen molar-refractivity contribution < 1.29 is 4.79 Å². The van der Waals surface area contributed by atoms with E-state index in [0.29, 0.717) is 24.3 Å². The highest BCUT2D eigenvalue weighted by molar-refractivity contribution is 6.00. The number of nitrogens with two attached hydrogens (primary N) is 1. The Hall–Kier alpha value is -2.89. The van der Waals surface area contributed by atoms with Gasteiger partial charge in [-0.1, -0.05) is 0 Å². The quantitative estimate of drug-likeness (QED) is 0.790. The molecule has 0 spiro atoms. The molecule has 5 rings (SSSR count). The summed E-state index contributed by atoms with van der Waals surface area (Å²) in [6.07, 6.45) is 4.19. The third-order valence-electron chi connectivity index (χ3n) is 5.66. The first-order valence-electron chi connectivity index (χ1n) is 9.08. The van der Waals surface area contributed by atoms with Crippen LogP contribution < -0.4 is 5.73 Å². The van der Waals surface area contributed by atoms with E-state index < -0.39 is 0 Å².